The molecule has 0 aliphatic carbocycles. The van der Waals surface area contributed by atoms with Crippen molar-refractivity contribution in [1.29, 1.82) is 0 Å². The summed E-state index contributed by atoms with van der Waals surface area (Å²) in [4.78, 5) is 24.1. The van der Waals surface area contributed by atoms with Crippen LogP contribution >= 0.6 is 0 Å². The van der Waals surface area contributed by atoms with E-state index in [9.17, 15) is 18.4 Å². The van der Waals surface area contributed by atoms with E-state index in [0.717, 1.165) is 25.0 Å². The molecule has 0 saturated heterocycles. The van der Waals surface area contributed by atoms with Crippen LogP contribution < -0.4 is 20.3 Å². The lowest BCUT2D eigenvalue weighted by Crippen LogP contribution is -2.41. The summed E-state index contributed by atoms with van der Waals surface area (Å²) in [7, 11) is 1.45. The quantitative estimate of drug-likeness (QED) is 0.573. The molecule has 27 heavy (non-hydrogen) atoms. The van der Waals surface area contributed by atoms with E-state index < -0.39 is 23.4 Å². The van der Waals surface area contributed by atoms with E-state index in [-0.39, 0.29) is 11.1 Å². The number of amides is 2. The van der Waals surface area contributed by atoms with Gasteiger partial charge in [-0.2, -0.15) is 0 Å². The average Bonchev–Trinajstić information content (AvgIpc) is 2.65. The van der Waals surface area contributed by atoms with Crippen molar-refractivity contribution in [2.24, 2.45) is 0 Å². The summed E-state index contributed by atoms with van der Waals surface area (Å²) < 4.78 is 37.1. The lowest BCUT2D eigenvalue weighted by molar-refractivity contribution is 0.0846. The van der Waals surface area contributed by atoms with Crippen LogP contribution in [0.15, 0.2) is 36.4 Å². The van der Waals surface area contributed by atoms with Gasteiger partial charge in [0.15, 0.2) is 11.5 Å². The largest absolute Gasteiger partial charge is 0.493 e. The Balaban J connectivity index is 2.01. The highest BCUT2D eigenvalue weighted by Crippen LogP contribution is 2.28. The van der Waals surface area contributed by atoms with Crippen LogP contribution in [0.1, 0.15) is 40.5 Å². The molecule has 0 aliphatic rings. The van der Waals surface area contributed by atoms with Crippen molar-refractivity contribution >= 4 is 11.8 Å². The van der Waals surface area contributed by atoms with Crippen molar-refractivity contribution in [2.75, 3.05) is 13.7 Å². The molecule has 2 amide bonds. The van der Waals surface area contributed by atoms with E-state index in [0.29, 0.717) is 24.2 Å². The van der Waals surface area contributed by atoms with Crippen LogP contribution in [0.5, 0.6) is 11.5 Å². The fourth-order valence-corrected chi connectivity index (χ4v) is 2.20. The highest BCUT2D eigenvalue weighted by Gasteiger charge is 2.14. The molecule has 0 radical (unpaired) electrons. The molecule has 2 aromatic rings. The highest BCUT2D eigenvalue weighted by molar-refractivity contribution is 5.99. The topological polar surface area (TPSA) is 76.7 Å². The van der Waals surface area contributed by atoms with Gasteiger partial charge in [0.2, 0.25) is 0 Å². The number of unbranched alkanes of at least 4 members (excludes halogenated alkanes) is 1. The van der Waals surface area contributed by atoms with Crippen molar-refractivity contribution in [3.8, 4) is 11.5 Å². The van der Waals surface area contributed by atoms with E-state index in [1.807, 2.05) is 6.92 Å². The van der Waals surface area contributed by atoms with Gasteiger partial charge in [-0.3, -0.25) is 20.4 Å². The van der Waals surface area contributed by atoms with Gasteiger partial charge in [-0.25, -0.2) is 8.78 Å². The van der Waals surface area contributed by atoms with Gasteiger partial charge in [-0.15, -0.1) is 0 Å². The van der Waals surface area contributed by atoms with E-state index >= 15 is 0 Å². The molecule has 8 heteroatoms. The van der Waals surface area contributed by atoms with E-state index in [1.165, 1.54) is 19.2 Å². The first kappa shape index (κ1) is 20.2. The van der Waals surface area contributed by atoms with Crippen molar-refractivity contribution < 1.29 is 27.8 Å². The molecule has 0 bridgehead atoms. The Morgan fingerprint density at radius 3 is 2.15 bits per heavy atom. The van der Waals surface area contributed by atoms with E-state index in [1.54, 1.807) is 6.07 Å². The Labute approximate surface area is 155 Å². The predicted octanol–water partition coefficient (Wildman–Crippen LogP) is 3.23. The second-order valence-corrected chi connectivity index (χ2v) is 5.63. The molecule has 0 fully saturated rings. The summed E-state index contributed by atoms with van der Waals surface area (Å²) >= 11 is 0. The number of carbonyl (C=O) groups excluding carboxylic acids is 2. The zero-order chi connectivity index (χ0) is 19.8. The Morgan fingerprint density at radius 2 is 1.56 bits per heavy atom. The first-order valence-electron chi connectivity index (χ1n) is 8.32. The Hall–Kier alpha value is -3.16. The summed E-state index contributed by atoms with van der Waals surface area (Å²) in [5.41, 5.74) is 4.23. The maximum atomic E-state index is 13.2. The van der Waals surface area contributed by atoms with E-state index in [4.69, 9.17) is 9.47 Å². The number of hydrogen-bond acceptors (Lipinski definition) is 4. The predicted molar refractivity (Wildman–Crippen MR) is 94.7 cm³/mol. The lowest BCUT2D eigenvalue weighted by atomic mass is 10.2. The smallest absolute Gasteiger partial charge is 0.269 e. The number of hydrogen-bond donors (Lipinski definition) is 2. The zero-order valence-electron chi connectivity index (χ0n) is 15.0. The molecular formula is C19H20F2N2O4. The Bertz CT molecular complexity index is 807. The first-order chi connectivity index (χ1) is 12.9. The number of ether oxygens (including phenoxy) is 2. The number of benzene rings is 2. The minimum Gasteiger partial charge on any atom is -0.493 e. The molecule has 0 unspecified atom stereocenters. The van der Waals surface area contributed by atoms with Gasteiger partial charge < -0.3 is 9.47 Å². The molecule has 0 saturated carbocycles. The summed E-state index contributed by atoms with van der Waals surface area (Å²) in [6, 6.07) is 6.92. The van der Waals surface area contributed by atoms with Gasteiger partial charge in [0, 0.05) is 17.2 Å². The Morgan fingerprint density at radius 1 is 0.926 bits per heavy atom. The van der Waals surface area contributed by atoms with Crippen LogP contribution in [0.4, 0.5) is 8.78 Å². The van der Waals surface area contributed by atoms with Gasteiger partial charge >= 0.3 is 0 Å². The molecule has 0 aliphatic heterocycles. The molecule has 2 rings (SSSR count). The van der Waals surface area contributed by atoms with Gasteiger partial charge in [-0.1, -0.05) is 13.3 Å². The maximum Gasteiger partial charge on any atom is 0.269 e. The monoisotopic (exact) mass is 378 g/mol. The van der Waals surface area contributed by atoms with Gasteiger partial charge in [0.05, 0.1) is 13.7 Å². The summed E-state index contributed by atoms with van der Waals surface area (Å²) in [6.45, 7) is 2.57. The van der Waals surface area contributed by atoms with Crippen LogP contribution in [0, 0.1) is 11.6 Å². The Kier molecular flexibility index (Phi) is 7.10. The SMILES string of the molecule is CCCCOc1ccc(C(=O)NNC(=O)c2cc(F)cc(F)c2)cc1OC. The summed E-state index contributed by atoms with van der Waals surface area (Å²) in [6.07, 6.45) is 1.87. The number of nitrogens with one attached hydrogen (secondary N) is 2. The maximum absolute atomic E-state index is 13.2. The summed E-state index contributed by atoms with van der Waals surface area (Å²) in [5.74, 6) is -2.39. The molecule has 0 atom stereocenters. The fourth-order valence-electron chi connectivity index (χ4n) is 2.20. The standard InChI is InChI=1S/C19H20F2N2O4/c1-3-4-7-27-16-6-5-12(10-17(16)26-2)18(24)22-23-19(25)13-8-14(20)11-15(21)9-13/h5-6,8-11H,3-4,7H2,1-2H3,(H,22,24)(H,23,25). The average molecular weight is 378 g/mol. The lowest BCUT2D eigenvalue weighted by Gasteiger charge is -2.12. The minimum absolute atomic E-state index is 0.209. The normalized spacial score (nSPS) is 10.2. The second-order valence-electron chi connectivity index (χ2n) is 5.63. The molecule has 0 heterocycles. The number of halogens is 2. The molecular weight excluding hydrogens is 358 g/mol. The minimum atomic E-state index is -0.894. The van der Waals surface area contributed by atoms with Crippen LogP contribution in [0.2, 0.25) is 0 Å². The van der Waals surface area contributed by atoms with Crippen LogP contribution in [-0.2, 0) is 0 Å². The number of rotatable bonds is 7. The molecule has 6 nitrogen and oxygen atoms in total. The van der Waals surface area contributed by atoms with Crippen molar-refractivity contribution in [3.05, 3.63) is 59.2 Å². The molecule has 0 aromatic heterocycles. The van der Waals surface area contributed by atoms with E-state index in [2.05, 4.69) is 10.9 Å². The number of carbonyl (C=O) groups is 2. The third kappa shape index (κ3) is 5.67. The zero-order valence-corrected chi connectivity index (χ0v) is 15.0. The highest BCUT2D eigenvalue weighted by atomic mass is 19.1. The van der Waals surface area contributed by atoms with Crippen molar-refractivity contribution in [2.45, 2.75) is 19.8 Å². The molecule has 2 aromatic carbocycles. The van der Waals surface area contributed by atoms with Gasteiger partial charge in [0.25, 0.3) is 11.8 Å². The van der Waals surface area contributed by atoms with Gasteiger partial charge in [0.1, 0.15) is 11.6 Å². The number of methoxy groups -OCH3 is 1. The molecule has 144 valence electrons. The van der Waals surface area contributed by atoms with Crippen LogP contribution in [0.25, 0.3) is 0 Å². The third-order valence-corrected chi connectivity index (χ3v) is 3.60. The third-order valence-electron chi connectivity index (χ3n) is 3.60. The second kappa shape index (κ2) is 9.51. The van der Waals surface area contributed by atoms with Crippen LogP contribution in [0.3, 0.4) is 0 Å². The number of hydrazine groups is 1. The molecule has 0 spiro atoms. The van der Waals surface area contributed by atoms with Crippen molar-refractivity contribution in [3.63, 3.8) is 0 Å². The van der Waals surface area contributed by atoms with Crippen LogP contribution in [-0.4, -0.2) is 25.5 Å². The fraction of sp³-hybridized carbons (Fsp3) is 0.263. The summed E-state index contributed by atoms with van der Waals surface area (Å²) in [5, 5.41) is 0. The molecule has 2 N–H and O–H groups in total. The van der Waals surface area contributed by atoms with Gasteiger partial charge in [-0.05, 0) is 36.8 Å². The first-order valence-corrected chi connectivity index (χ1v) is 8.32. The van der Waals surface area contributed by atoms with Crippen molar-refractivity contribution in [1.82, 2.24) is 10.9 Å².